The van der Waals surface area contributed by atoms with Crippen LogP contribution in [-0.2, 0) is 16.0 Å². The Kier molecular flexibility index (Phi) is 4.82. The number of ether oxygens (including phenoxy) is 1. The van der Waals surface area contributed by atoms with Crippen LogP contribution in [0, 0.1) is 5.41 Å². The molecule has 5 heteroatoms. The molecule has 3 rings (SSSR count). The Bertz CT molecular complexity index is 646. The molecule has 0 spiro atoms. The van der Waals surface area contributed by atoms with Crippen molar-refractivity contribution in [2.75, 3.05) is 24.6 Å². The molecule has 1 saturated carbocycles. The number of rotatable bonds is 6. The molecule has 3 atom stereocenters. The van der Waals surface area contributed by atoms with E-state index in [1.54, 1.807) is 0 Å². The van der Waals surface area contributed by atoms with Crippen LogP contribution < -0.4 is 16.0 Å². The summed E-state index contributed by atoms with van der Waals surface area (Å²) in [6.45, 7) is 10.4. The summed E-state index contributed by atoms with van der Waals surface area (Å²) in [7, 11) is 0. The molecular formula is C20H31N3O2. The average Bonchev–Trinajstić information content (AvgIpc) is 3.03. The van der Waals surface area contributed by atoms with Crippen LogP contribution in [0.15, 0.2) is 24.3 Å². The van der Waals surface area contributed by atoms with E-state index in [-0.39, 0.29) is 23.5 Å². The molecule has 1 aliphatic carbocycles. The lowest BCUT2D eigenvalue weighted by atomic mass is 9.54. The van der Waals surface area contributed by atoms with Gasteiger partial charge in [0.2, 0.25) is 5.91 Å². The number of hydrogen-bond acceptors (Lipinski definition) is 4. The molecule has 1 heterocycles. The second-order valence-electron chi connectivity index (χ2n) is 7.97. The van der Waals surface area contributed by atoms with E-state index in [0.717, 1.165) is 13.0 Å². The van der Waals surface area contributed by atoms with Gasteiger partial charge in [-0.25, -0.2) is 0 Å². The minimum Gasteiger partial charge on any atom is -0.378 e. The van der Waals surface area contributed by atoms with Crippen molar-refractivity contribution < 1.29 is 9.53 Å². The predicted molar refractivity (Wildman–Crippen MR) is 101 cm³/mol. The van der Waals surface area contributed by atoms with Crippen LogP contribution in [0.25, 0.3) is 0 Å². The van der Waals surface area contributed by atoms with Crippen LogP contribution in [0.1, 0.15) is 39.7 Å². The Morgan fingerprint density at radius 3 is 2.84 bits per heavy atom. The van der Waals surface area contributed by atoms with Gasteiger partial charge in [-0.1, -0.05) is 32.0 Å². The highest BCUT2D eigenvalue weighted by molar-refractivity contribution is 5.88. The third kappa shape index (κ3) is 2.93. The van der Waals surface area contributed by atoms with Gasteiger partial charge in [0.05, 0.1) is 6.10 Å². The fraction of sp³-hybridized carbons (Fsp3) is 0.650. The first-order valence-electron chi connectivity index (χ1n) is 9.34. The van der Waals surface area contributed by atoms with E-state index in [2.05, 4.69) is 41.4 Å². The van der Waals surface area contributed by atoms with Crippen molar-refractivity contribution in [2.24, 2.45) is 11.1 Å². The number of carbonyl (C=O) groups is 1. The minimum atomic E-state index is -0.852. The van der Waals surface area contributed by atoms with Crippen molar-refractivity contribution >= 4 is 11.6 Å². The monoisotopic (exact) mass is 345 g/mol. The van der Waals surface area contributed by atoms with Crippen LogP contribution in [0.3, 0.4) is 0 Å². The number of carbonyl (C=O) groups excluding carboxylic acids is 1. The summed E-state index contributed by atoms with van der Waals surface area (Å²) in [5, 5.41) is 3.09. The Morgan fingerprint density at radius 2 is 2.16 bits per heavy atom. The fourth-order valence-corrected chi connectivity index (χ4v) is 4.15. The number of amides is 1. The molecule has 1 amide bonds. The summed E-state index contributed by atoms with van der Waals surface area (Å²) in [5.74, 6) is -0.0622. The molecule has 3 unspecified atom stereocenters. The van der Waals surface area contributed by atoms with Gasteiger partial charge in [0, 0.05) is 43.3 Å². The molecule has 1 fully saturated rings. The van der Waals surface area contributed by atoms with E-state index in [1.165, 1.54) is 11.3 Å². The van der Waals surface area contributed by atoms with Crippen molar-refractivity contribution in [3.05, 3.63) is 29.8 Å². The highest BCUT2D eigenvalue weighted by atomic mass is 16.5. The number of para-hydroxylation sites is 1. The zero-order valence-electron chi connectivity index (χ0n) is 15.8. The Hall–Kier alpha value is -1.59. The van der Waals surface area contributed by atoms with Crippen molar-refractivity contribution in [1.82, 2.24) is 5.32 Å². The zero-order valence-corrected chi connectivity index (χ0v) is 15.8. The van der Waals surface area contributed by atoms with Crippen LogP contribution >= 0.6 is 0 Å². The quantitative estimate of drug-likeness (QED) is 0.828. The molecule has 0 saturated heterocycles. The molecule has 1 aromatic rings. The maximum absolute atomic E-state index is 12.8. The van der Waals surface area contributed by atoms with Crippen molar-refractivity contribution in [1.29, 1.82) is 0 Å². The summed E-state index contributed by atoms with van der Waals surface area (Å²) in [4.78, 5) is 15.1. The molecule has 5 nitrogen and oxygen atoms in total. The van der Waals surface area contributed by atoms with Gasteiger partial charge in [-0.3, -0.25) is 4.79 Å². The van der Waals surface area contributed by atoms with Gasteiger partial charge in [-0.2, -0.15) is 0 Å². The van der Waals surface area contributed by atoms with E-state index in [4.69, 9.17) is 10.5 Å². The van der Waals surface area contributed by atoms with Gasteiger partial charge in [0.25, 0.3) is 0 Å². The van der Waals surface area contributed by atoms with Gasteiger partial charge >= 0.3 is 0 Å². The summed E-state index contributed by atoms with van der Waals surface area (Å²) in [6, 6.07) is 8.73. The molecule has 3 N–H and O–H groups in total. The molecule has 2 aliphatic rings. The highest BCUT2D eigenvalue weighted by Gasteiger charge is 2.62. The van der Waals surface area contributed by atoms with Gasteiger partial charge in [0.1, 0.15) is 5.54 Å². The third-order valence-electron chi connectivity index (χ3n) is 6.25. The lowest BCUT2D eigenvalue weighted by molar-refractivity contribution is -0.170. The van der Waals surface area contributed by atoms with Gasteiger partial charge < -0.3 is 20.7 Å². The van der Waals surface area contributed by atoms with Crippen LogP contribution in [-0.4, -0.2) is 43.3 Å². The second kappa shape index (κ2) is 6.61. The number of benzene rings is 1. The average molecular weight is 345 g/mol. The van der Waals surface area contributed by atoms with Crippen molar-refractivity contribution in [3.63, 3.8) is 0 Å². The maximum atomic E-state index is 12.8. The number of anilines is 1. The van der Waals surface area contributed by atoms with Gasteiger partial charge in [0.15, 0.2) is 0 Å². The molecule has 138 valence electrons. The van der Waals surface area contributed by atoms with Crippen molar-refractivity contribution in [3.8, 4) is 0 Å². The van der Waals surface area contributed by atoms with E-state index < -0.39 is 5.54 Å². The largest absolute Gasteiger partial charge is 0.378 e. The Balaban J connectivity index is 1.58. The first kappa shape index (κ1) is 18.2. The van der Waals surface area contributed by atoms with Crippen LogP contribution in [0.5, 0.6) is 0 Å². The molecule has 1 aliphatic heterocycles. The minimum absolute atomic E-state index is 0.0520. The van der Waals surface area contributed by atoms with E-state index in [9.17, 15) is 4.79 Å². The number of nitrogens with one attached hydrogen (secondary N) is 1. The summed E-state index contributed by atoms with van der Waals surface area (Å²) in [6.07, 6.45) is 1.70. The number of nitrogens with zero attached hydrogens (tertiary/aromatic N) is 1. The molecular weight excluding hydrogens is 314 g/mol. The van der Waals surface area contributed by atoms with Gasteiger partial charge in [-0.15, -0.1) is 0 Å². The topological polar surface area (TPSA) is 67.6 Å². The van der Waals surface area contributed by atoms with E-state index in [1.807, 2.05) is 20.8 Å². The fourth-order valence-electron chi connectivity index (χ4n) is 4.15. The SMILES string of the molecule is CCOC1CC(N)(C(=O)NCC(C)N2CCc3ccccc32)C1(C)C. The lowest BCUT2D eigenvalue weighted by Crippen LogP contribution is -2.76. The summed E-state index contributed by atoms with van der Waals surface area (Å²) >= 11 is 0. The predicted octanol–water partition coefficient (Wildman–Crippen LogP) is 2.09. The smallest absolute Gasteiger partial charge is 0.240 e. The number of fused-ring (bicyclic) bond motifs is 1. The number of hydrogen-bond donors (Lipinski definition) is 2. The highest BCUT2D eigenvalue weighted by Crippen LogP contribution is 2.49. The van der Waals surface area contributed by atoms with Crippen LogP contribution in [0.4, 0.5) is 5.69 Å². The maximum Gasteiger partial charge on any atom is 0.240 e. The Labute approximate surface area is 150 Å². The Morgan fingerprint density at radius 1 is 1.44 bits per heavy atom. The van der Waals surface area contributed by atoms with Gasteiger partial charge in [-0.05, 0) is 31.9 Å². The lowest BCUT2D eigenvalue weighted by Gasteiger charge is -2.57. The third-order valence-corrected chi connectivity index (χ3v) is 6.25. The van der Waals surface area contributed by atoms with E-state index in [0.29, 0.717) is 19.6 Å². The second-order valence-corrected chi connectivity index (χ2v) is 7.97. The molecule has 0 bridgehead atoms. The standard InChI is InChI=1S/C20H31N3O2/c1-5-25-17-12-20(21,19(17,3)4)18(24)22-13-14(2)23-11-10-15-8-6-7-9-16(15)23/h6-9,14,17H,5,10-13,21H2,1-4H3,(H,22,24). The van der Waals surface area contributed by atoms with Crippen molar-refractivity contribution in [2.45, 2.75) is 58.2 Å². The molecule has 0 aromatic heterocycles. The molecule has 1 aromatic carbocycles. The first-order valence-corrected chi connectivity index (χ1v) is 9.34. The first-order chi connectivity index (χ1) is 11.8. The molecule has 0 radical (unpaired) electrons. The summed E-state index contributed by atoms with van der Waals surface area (Å²) < 4.78 is 5.72. The zero-order chi connectivity index (χ0) is 18.2. The summed E-state index contributed by atoms with van der Waals surface area (Å²) in [5.41, 5.74) is 7.92. The van der Waals surface area contributed by atoms with E-state index >= 15 is 0 Å². The van der Waals surface area contributed by atoms with Crippen LogP contribution in [0.2, 0.25) is 0 Å². The molecule has 25 heavy (non-hydrogen) atoms. The number of nitrogens with two attached hydrogens (primary N) is 1. The normalized spacial score (nSPS) is 28.2.